The van der Waals surface area contributed by atoms with Crippen LogP contribution in [0.3, 0.4) is 0 Å². The largest absolute Gasteiger partial charge is 0.269 e. The van der Waals surface area contributed by atoms with Crippen LogP contribution in [-0.4, -0.2) is 41.4 Å². The van der Waals surface area contributed by atoms with Gasteiger partial charge in [-0.3, -0.25) is 19.5 Å². The molecule has 7 nitrogen and oxygen atoms in total. The topological polar surface area (TPSA) is 97.3 Å². The fraction of sp³-hybridized carbons (Fsp3) is 0.120. The maximum atomic E-state index is 13.1. The fourth-order valence-electron chi connectivity index (χ4n) is 4.23. The van der Waals surface area contributed by atoms with Gasteiger partial charge in [-0.15, -0.1) is 0 Å². The van der Waals surface area contributed by atoms with Crippen LogP contribution in [0.15, 0.2) is 77.8 Å². The highest BCUT2D eigenvalue weighted by molar-refractivity contribution is 7.90. The highest BCUT2D eigenvalue weighted by Crippen LogP contribution is 2.38. The highest BCUT2D eigenvalue weighted by atomic mass is 32.2. The van der Waals surface area contributed by atoms with Gasteiger partial charge >= 0.3 is 0 Å². The minimum Gasteiger partial charge on any atom is -0.269 e. The SMILES string of the molecule is CC(c1cc2ncccc2nc1-c1ccccc1S(C)(=O)=O)N1C(=O)c2ccccc2C1=O. The molecule has 4 aromatic rings. The van der Waals surface area contributed by atoms with Gasteiger partial charge in [-0.2, -0.15) is 0 Å². The first-order valence-corrected chi connectivity index (χ1v) is 12.2. The van der Waals surface area contributed by atoms with Crippen molar-refractivity contribution in [3.05, 3.63) is 89.6 Å². The molecule has 0 spiro atoms. The van der Waals surface area contributed by atoms with Crippen LogP contribution in [0.25, 0.3) is 22.3 Å². The van der Waals surface area contributed by atoms with E-state index in [1.807, 2.05) is 0 Å². The lowest BCUT2D eigenvalue weighted by Gasteiger charge is -2.25. The minimum absolute atomic E-state index is 0.122. The van der Waals surface area contributed by atoms with E-state index in [0.717, 1.165) is 6.26 Å². The van der Waals surface area contributed by atoms with Crippen molar-refractivity contribution >= 4 is 32.7 Å². The molecule has 1 atom stereocenters. The van der Waals surface area contributed by atoms with Crippen molar-refractivity contribution in [3.8, 4) is 11.3 Å². The molecule has 2 amide bonds. The van der Waals surface area contributed by atoms with E-state index in [1.54, 1.807) is 73.8 Å². The Kier molecular flexibility index (Phi) is 4.83. The van der Waals surface area contributed by atoms with Crippen LogP contribution in [-0.2, 0) is 9.84 Å². The number of carbonyl (C=O) groups excluding carboxylic acids is 2. The van der Waals surface area contributed by atoms with E-state index < -0.39 is 27.7 Å². The molecule has 3 heterocycles. The molecular formula is C25H19N3O4S. The number of pyridine rings is 2. The van der Waals surface area contributed by atoms with Crippen LogP contribution in [0.1, 0.15) is 39.2 Å². The van der Waals surface area contributed by atoms with E-state index >= 15 is 0 Å². The third-order valence-corrected chi connectivity index (χ3v) is 6.97. The predicted molar refractivity (Wildman–Crippen MR) is 123 cm³/mol. The zero-order valence-corrected chi connectivity index (χ0v) is 18.7. The van der Waals surface area contributed by atoms with Gasteiger partial charge in [0.1, 0.15) is 0 Å². The number of aromatic nitrogens is 2. The summed E-state index contributed by atoms with van der Waals surface area (Å²) in [5.41, 5.74) is 3.18. The minimum atomic E-state index is -3.56. The Morgan fingerprint density at radius 3 is 2.06 bits per heavy atom. The third-order valence-electron chi connectivity index (χ3n) is 5.82. The van der Waals surface area contributed by atoms with E-state index in [-0.39, 0.29) is 4.90 Å². The molecule has 1 aliphatic rings. The van der Waals surface area contributed by atoms with Crippen LogP contribution in [0, 0.1) is 0 Å². The summed E-state index contributed by atoms with van der Waals surface area (Å²) in [4.78, 5) is 36.7. The molecule has 0 radical (unpaired) electrons. The first-order chi connectivity index (χ1) is 15.8. The number of nitrogens with zero attached hydrogens (tertiary/aromatic N) is 3. The summed E-state index contributed by atoms with van der Waals surface area (Å²) in [6, 6.07) is 17.9. The molecule has 0 N–H and O–H groups in total. The molecule has 1 aliphatic heterocycles. The van der Waals surface area contributed by atoms with E-state index in [1.165, 1.54) is 11.0 Å². The number of carbonyl (C=O) groups is 2. The Hall–Kier alpha value is -3.91. The second-order valence-electron chi connectivity index (χ2n) is 7.94. The summed E-state index contributed by atoms with van der Waals surface area (Å²) < 4.78 is 25.0. The van der Waals surface area contributed by atoms with E-state index in [0.29, 0.717) is 39.0 Å². The second-order valence-corrected chi connectivity index (χ2v) is 9.92. The van der Waals surface area contributed by atoms with Gasteiger partial charge in [-0.1, -0.05) is 30.3 Å². The lowest BCUT2D eigenvalue weighted by atomic mass is 9.98. The van der Waals surface area contributed by atoms with Gasteiger partial charge in [-0.05, 0) is 43.3 Å². The molecule has 1 unspecified atom stereocenters. The molecule has 0 bridgehead atoms. The number of sulfone groups is 1. The van der Waals surface area contributed by atoms with Crippen molar-refractivity contribution in [1.29, 1.82) is 0 Å². The second kappa shape index (κ2) is 7.60. The van der Waals surface area contributed by atoms with Gasteiger partial charge in [0, 0.05) is 23.6 Å². The normalized spacial score (nSPS) is 14.5. The maximum absolute atomic E-state index is 13.1. The lowest BCUT2D eigenvalue weighted by molar-refractivity contribution is 0.0595. The van der Waals surface area contributed by atoms with Gasteiger partial charge in [-0.25, -0.2) is 13.4 Å². The Morgan fingerprint density at radius 1 is 0.818 bits per heavy atom. The summed E-state index contributed by atoms with van der Waals surface area (Å²) >= 11 is 0. The number of imide groups is 1. The van der Waals surface area contributed by atoms with Gasteiger partial charge in [0.15, 0.2) is 9.84 Å². The number of hydrogen-bond acceptors (Lipinski definition) is 6. The molecular weight excluding hydrogens is 438 g/mol. The Labute approximate surface area is 190 Å². The summed E-state index contributed by atoms with van der Waals surface area (Å²) in [7, 11) is -3.56. The average Bonchev–Trinajstić information content (AvgIpc) is 3.07. The van der Waals surface area contributed by atoms with E-state index in [2.05, 4.69) is 4.98 Å². The Bertz CT molecular complexity index is 1530. The number of benzene rings is 2. The summed E-state index contributed by atoms with van der Waals surface area (Å²) in [6.45, 7) is 1.74. The van der Waals surface area contributed by atoms with Crippen molar-refractivity contribution in [3.63, 3.8) is 0 Å². The number of rotatable bonds is 4. The van der Waals surface area contributed by atoms with Crippen molar-refractivity contribution in [2.45, 2.75) is 17.9 Å². The Balaban J connectivity index is 1.75. The van der Waals surface area contributed by atoms with Crippen LogP contribution in [0.2, 0.25) is 0 Å². The van der Waals surface area contributed by atoms with Crippen LogP contribution < -0.4 is 0 Å². The van der Waals surface area contributed by atoms with Crippen molar-refractivity contribution in [2.24, 2.45) is 0 Å². The molecule has 0 fully saturated rings. The number of fused-ring (bicyclic) bond motifs is 2. The molecule has 0 saturated heterocycles. The van der Waals surface area contributed by atoms with Crippen LogP contribution >= 0.6 is 0 Å². The monoisotopic (exact) mass is 457 g/mol. The first-order valence-electron chi connectivity index (χ1n) is 10.3. The summed E-state index contributed by atoms with van der Waals surface area (Å²) in [5, 5.41) is 0. The van der Waals surface area contributed by atoms with Gasteiger partial charge in [0.2, 0.25) is 0 Å². The lowest BCUT2D eigenvalue weighted by Crippen LogP contribution is -2.33. The highest BCUT2D eigenvalue weighted by Gasteiger charge is 2.39. The first kappa shape index (κ1) is 21.0. The molecule has 2 aromatic heterocycles. The quantitative estimate of drug-likeness (QED) is 0.429. The van der Waals surface area contributed by atoms with Gasteiger partial charge < -0.3 is 0 Å². The van der Waals surface area contributed by atoms with Crippen molar-refractivity contribution in [2.75, 3.05) is 6.26 Å². The van der Waals surface area contributed by atoms with E-state index in [4.69, 9.17) is 4.98 Å². The molecule has 33 heavy (non-hydrogen) atoms. The van der Waals surface area contributed by atoms with Gasteiger partial charge in [0.25, 0.3) is 11.8 Å². The van der Waals surface area contributed by atoms with E-state index in [9.17, 15) is 18.0 Å². The smallest absolute Gasteiger partial charge is 0.262 e. The zero-order valence-electron chi connectivity index (χ0n) is 17.9. The van der Waals surface area contributed by atoms with Gasteiger partial charge in [0.05, 0.1) is 38.8 Å². The Morgan fingerprint density at radius 2 is 1.42 bits per heavy atom. The van der Waals surface area contributed by atoms with Crippen molar-refractivity contribution in [1.82, 2.24) is 14.9 Å². The molecule has 0 saturated carbocycles. The molecule has 2 aromatic carbocycles. The standard InChI is InChI=1S/C25H19N3O4S/c1-15(28-24(29)16-8-3-4-9-17(16)25(28)30)19-14-21-20(11-7-13-26-21)27-23(19)18-10-5-6-12-22(18)33(2,31)32/h3-15H,1-2H3. The average molecular weight is 458 g/mol. The number of hydrogen-bond donors (Lipinski definition) is 0. The molecule has 8 heteroatoms. The summed E-state index contributed by atoms with van der Waals surface area (Å²) in [5.74, 6) is -0.793. The molecule has 5 rings (SSSR count). The van der Waals surface area contributed by atoms with Crippen molar-refractivity contribution < 1.29 is 18.0 Å². The number of amides is 2. The third kappa shape index (κ3) is 3.39. The maximum Gasteiger partial charge on any atom is 0.262 e. The summed E-state index contributed by atoms with van der Waals surface area (Å²) in [6.07, 6.45) is 2.77. The van der Waals surface area contributed by atoms with Crippen LogP contribution in [0.4, 0.5) is 0 Å². The zero-order chi connectivity index (χ0) is 23.3. The van der Waals surface area contributed by atoms with Crippen LogP contribution in [0.5, 0.6) is 0 Å². The predicted octanol–water partition coefficient (Wildman–Crippen LogP) is 4.06. The molecule has 0 aliphatic carbocycles. The molecule has 164 valence electrons. The fourth-order valence-corrected chi connectivity index (χ4v) is 5.12.